The molecule has 0 aromatic carbocycles. The number of carbonyl (C=O) groups is 1. The van der Waals surface area contributed by atoms with Gasteiger partial charge in [-0.15, -0.1) is 0 Å². The standard InChI is InChI=1S/C10H14N4O4/c1-11-3-4-13(2)9-8(10(15)16)5-7(6-12-9)14(17)18/h5-6,11H,3-4H2,1-2H3,(H,15,16). The van der Waals surface area contributed by atoms with Gasteiger partial charge in [-0.25, -0.2) is 9.78 Å². The molecule has 0 aliphatic heterocycles. The van der Waals surface area contributed by atoms with Crippen molar-refractivity contribution in [1.29, 1.82) is 0 Å². The predicted molar refractivity (Wildman–Crippen MR) is 65.0 cm³/mol. The quantitative estimate of drug-likeness (QED) is 0.556. The molecule has 0 atom stereocenters. The van der Waals surface area contributed by atoms with Gasteiger partial charge in [0.1, 0.15) is 17.6 Å². The SMILES string of the molecule is CNCCN(C)c1ncc([N+](=O)[O-])cc1C(=O)O. The first-order valence-corrected chi connectivity index (χ1v) is 5.20. The van der Waals surface area contributed by atoms with Gasteiger partial charge in [0.25, 0.3) is 5.69 Å². The molecule has 0 fully saturated rings. The fourth-order valence-electron chi connectivity index (χ4n) is 1.39. The molecule has 18 heavy (non-hydrogen) atoms. The lowest BCUT2D eigenvalue weighted by atomic mass is 10.2. The third-order valence-electron chi connectivity index (χ3n) is 2.35. The van der Waals surface area contributed by atoms with Crippen molar-refractivity contribution in [2.24, 2.45) is 0 Å². The van der Waals surface area contributed by atoms with Crippen LogP contribution in [-0.4, -0.2) is 48.2 Å². The van der Waals surface area contributed by atoms with E-state index in [4.69, 9.17) is 5.11 Å². The molecule has 0 aliphatic rings. The number of hydrogen-bond donors (Lipinski definition) is 2. The topological polar surface area (TPSA) is 109 Å². The summed E-state index contributed by atoms with van der Waals surface area (Å²) < 4.78 is 0. The molecule has 8 nitrogen and oxygen atoms in total. The zero-order valence-electron chi connectivity index (χ0n) is 10.1. The number of likely N-dealkylation sites (N-methyl/N-ethyl adjacent to an activating group) is 2. The van der Waals surface area contributed by atoms with E-state index in [1.165, 1.54) is 0 Å². The van der Waals surface area contributed by atoms with E-state index in [0.717, 1.165) is 12.3 Å². The highest BCUT2D eigenvalue weighted by Gasteiger charge is 2.19. The zero-order valence-corrected chi connectivity index (χ0v) is 10.1. The second kappa shape index (κ2) is 5.92. The van der Waals surface area contributed by atoms with Crippen LogP contribution in [0.5, 0.6) is 0 Å². The summed E-state index contributed by atoms with van der Waals surface area (Å²) in [6, 6.07) is 1.01. The Labute approximate surface area is 103 Å². The number of hydrogen-bond acceptors (Lipinski definition) is 6. The highest BCUT2D eigenvalue weighted by Crippen LogP contribution is 2.21. The van der Waals surface area contributed by atoms with E-state index in [1.54, 1.807) is 19.0 Å². The Morgan fingerprint density at radius 1 is 1.67 bits per heavy atom. The Bertz CT molecular complexity index is 463. The first-order chi connectivity index (χ1) is 8.47. The van der Waals surface area contributed by atoms with E-state index in [-0.39, 0.29) is 17.1 Å². The van der Waals surface area contributed by atoms with Crippen molar-refractivity contribution < 1.29 is 14.8 Å². The van der Waals surface area contributed by atoms with Crippen molar-refractivity contribution in [3.8, 4) is 0 Å². The van der Waals surface area contributed by atoms with Crippen LogP contribution >= 0.6 is 0 Å². The van der Waals surface area contributed by atoms with Gasteiger partial charge in [-0.3, -0.25) is 10.1 Å². The second-order valence-corrected chi connectivity index (χ2v) is 3.65. The average molecular weight is 254 g/mol. The van der Waals surface area contributed by atoms with Gasteiger partial charge in [-0.05, 0) is 7.05 Å². The van der Waals surface area contributed by atoms with Crippen LogP contribution in [0.2, 0.25) is 0 Å². The normalized spacial score (nSPS) is 10.1. The summed E-state index contributed by atoms with van der Waals surface area (Å²) in [6.45, 7) is 1.19. The van der Waals surface area contributed by atoms with Gasteiger partial charge in [0, 0.05) is 26.2 Å². The minimum absolute atomic E-state index is 0.178. The molecule has 1 aromatic heterocycles. The molecule has 0 unspecified atom stereocenters. The van der Waals surface area contributed by atoms with Crippen molar-refractivity contribution in [1.82, 2.24) is 10.3 Å². The van der Waals surface area contributed by atoms with Gasteiger partial charge < -0.3 is 15.3 Å². The maximum atomic E-state index is 11.1. The van der Waals surface area contributed by atoms with Gasteiger partial charge in [0.2, 0.25) is 0 Å². The number of anilines is 1. The summed E-state index contributed by atoms with van der Waals surface area (Å²) in [5.41, 5.74) is -0.513. The van der Waals surface area contributed by atoms with Gasteiger partial charge >= 0.3 is 5.97 Å². The molecule has 1 heterocycles. The maximum absolute atomic E-state index is 11.1. The first kappa shape index (κ1) is 13.8. The number of nitrogens with one attached hydrogen (secondary N) is 1. The Balaban J connectivity index is 3.11. The van der Waals surface area contributed by atoms with E-state index < -0.39 is 10.9 Å². The Morgan fingerprint density at radius 3 is 2.83 bits per heavy atom. The van der Waals surface area contributed by atoms with Crippen molar-refractivity contribution in [3.05, 3.63) is 27.9 Å². The van der Waals surface area contributed by atoms with E-state index >= 15 is 0 Å². The zero-order chi connectivity index (χ0) is 13.7. The molecule has 0 saturated heterocycles. The second-order valence-electron chi connectivity index (χ2n) is 3.65. The Morgan fingerprint density at radius 2 is 2.33 bits per heavy atom. The van der Waals surface area contributed by atoms with E-state index in [1.807, 2.05) is 0 Å². The van der Waals surface area contributed by atoms with Crippen LogP contribution in [0.4, 0.5) is 11.5 Å². The van der Waals surface area contributed by atoms with Gasteiger partial charge in [0.15, 0.2) is 0 Å². The van der Waals surface area contributed by atoms with Gasteiger partial charge in [0.05, 0.1) is 4.92 Å². The third kappa shape index (κ3) is 3.14. The lowest BCUT2D eigenvalue weighted by Crippen LogP contribution is -2.29. The highest BCUT2D eigenvalue weighted by atomic mass is 16.6. The summed E-state index contributed by atoms with van der Waals surface area (Å²) in [5, 5.41) is 22.5. The van der Waals surface area contributed by atoms with Crippen LogP contribution in [-0.2, 0) is 0 Å². The fourth-order valence-corrected chi connectivity index (χ4v) is 1.39. The van der Waals surface area contributed by atoms with Crippen LogP contribution < -0.4 is 10.2 Å². The van der Waals surface area contributed by atoms with E-state index in [2.05, 4.69) is 10.3 Å². The Hall–Kier alpha value is -2.22. The van der Waals surface area contributed by atoms with Crippen LogP contribution in [0, 0.1) is 10.1 Å². The number of carboxylic acids is 1. The number of nitro groups is 1. The number of carboxylic acid groups (broad SMARTS) is 1. The fraction of sp³-hybridized carbons (Fsp3) is 0.400. The van der Waals surface area contributed by atoms with Crippen molar-refractivity contribution in [2.45, 2.75) is 0 Å². The molecular formula is C10H14N4O4. The monoisotopic (exact) mass is 254 g/mol. The molecule has 0 amide bonds. The molecule has 8 heteroatoms. The molecular weight excluding hydrogens is 240 g/mol. The summed E-state index contributed by atoms with van der Waals surface area (Å²) >= 11 is 0. The van der Waals surface area contributed by atoms with Crippen LogP contribution in [0.15, 0.2) is 12.3 Å². The lowest BCUT2D eigenvalue weighted by Gasteiger charge is -2.19. The molecule has 1 rings (SSSR count). The predicted octanol–water partition coefficient (Wildman–Crippen LogP) is 0.344. The lowest BCUT2D eigenvalue weighted by molar-refractivity contribution is -0.385. The van der Waals surface area contributed by atoms with E-state index in [0.29, 0.717) is 13.1 Å². The molecule has 98 valence electrons. The molecule has 0 radical (unpaired) electrons. The van der Waals surface area contributed by atoms with Crippen molar-refractivity contribution >= 4 is 17.5 Å². The van der Waals surface area contributed by atoms with E-state index in [9.17, 15) is 14.9 Å². The van der Waals surface area contributed by atoms with Crippen LogP contribution in [0.1, 0.15) is 10.4 Å². The first-order valence-electron chi connectivity index (χ1n) is 5.20. The van der Waals surface area contributed by atoms with Crippen LogP contribution in [0.3, 0.4) is 0 Å². The minimum atomic E-state index is -1.24. The largest absolute Gasteiger partial charge is 0.478 e. The molecule has 2 N–H and O–H groups in total. The number of aromatic nitrogens is 1. The van der Waals surface area contributed by atoms with Crippen molar-refractivity contribution in [3.63, 3.8) is 0 Å². The number of aromatic carboxylic acids is 1. The molecule has 0 bridgehead atoms. The summed E-state index contributed by atoms with van der Waals surface area (Å²) in [5.74, 6) is -1.03. The highest BCUT2D eigenvalue weighted by molar-refractivity contribution is 5.94. The molecule has 0 aliphatic carbocycles. The minimum Gasteiger partial charge on any atom is -0.478 e. The third-order valence-corrected chi connectivity index (χ3v) is 2.35. The summed E-state index contributed by atoms with van der Waals surface area (Å²) in [7, 11) is 3.45. The average Bonchev–Trinajstić information content (AvgIpc) is 2.34. The van der Waals surface area contributed by atoms with Gasteiger partial charge in [-0.1, -0.05) is 0 Å². The Kier molecular flexibility index (Phi) is 4.55. The molecule has 1 aromatic rings. The summed E-state index contributed by atoms with van der Waals surface area (Å²) in [6.07, 6.45) is 1.05. The van der Waals surface area contributed by atoms with Crippen molar-refractivity contribution in [2.75, 3.05) is 32.1 Å². The van der Waals surface area contributed by atoms with Crippen LogP contribution in [0.25, 0.3) is 0 Å². The molecule has 0 spiro atoms. The smallest absolute Gasteiger partial charge is 0.339 e. The number of nitrogens with zero attached hydrogens (tertiary/aromatic N) is 3. The molecule has 0 saturated carbocycles. The maximum Gasteiger partial charge on any atom is 0.339 e. The summed E-state index contributed by atoms with van der Waals surface area (Å²) in [4.78, 5) is 26.5. The number of rotatable bonds is 6. The van der Waals surface area contributed by atoms with Gasteiger partial charge in [-0.2, -0.15) is 0 Å². The number of pyridine rings is 1.